The van der Waals surface area contributed by atoms with Gasteiger partial charge in [-0.15, -0.1) is 0 Å². The van der Waals surface area contributed by atoms with E-state index in [9.17, 15) is 4.79 Å². The lowest BCUT2D eigenvalue weighted by molar-refractivity contribution is -0.113. The van der Waals surface area contributed by atoms with Gasteiger partial charge in [0.15, 0.2) is 0 Å². The molecule has 0 bridgehead atoms. The molecule has 0 saturated carbocycles. The van der Waals surface area contributed by atoms with Gasteiger partial charge in [0.2, 0.25) is 0 Å². The second kappa shape index (κ2) is 3.47. The lowest BCUT2D eigenvalue weighted by atomic mass is 10.3. The average molecular weight is 209 g/mol. The molecule has 1 aliphatic heterocycles. The molecule has 4 heteroatoms. The molecule has 1 saturated heterocycles. The van der Waals surface area contributed by atoms with E-state index >= 15 is 0 Å². The molecule has 1 amide bonds. The number of nitrogens with zero attached hydrogens (tertiary/aromatic N) is 1. The maximum Gasteiger partial charge on any atom is 0.275 e. The van der Waals surface area contributed by atoms with Gasteiger partial charge in [-0.05, 0) is 22.9 Å². The molecule has 0 radical (unpaired) electrons. The summed E-state index contributed by atoms with van der Waals surface area (Å²) >= 11 is 0. The first-order valence-corrected chi connectivity index (χ1v) is 5.83. The van der Waals surface area contributed by atoms with Crippen LogP contribution in [-0.2, 0) is 4.79 Å². The number of para-hydroxylation sites is 1. The molecule has 0 unspecified atom stereocenters. The fraction of sp³-hybridized carbons (Fsp3) is 0. The van der Waals surface area contributed by atoms with Crippen LogP contribution in [0, 0.1) is 0 Å². The van der Waals surface area contributed by atoms with Gasteiger partial charge in [-0.2, -0.15) is 0 Å². The van der Waals surface area contributed by atoms with Gasteiger partial charge in [-0.3, -0.25) is 4.79 Å². The molecule has 66 valence electrons. The number of hydrogen-bond donors (Lipinski definition) is 0. The third-order valence-corrected chi connectivity index (χ3v) is 3.88. The molecular formula is C9H7NOS2. The van der Waals surface area contributed by atoms with E-state index in [1.807, 2.05) is 30.3 Å². The summed E-state index contributed by atoms with van der Waals surface area (Å²) in [4.78, 5) is 12.1. The summed E-state index contributed by atoms with van der Waals surface area (Å²) in [7, 11) is 2.82. The Morgan fingerprint density at radius 1 is 1.23 bits per heavy atom. The van der Waals surface area contributed by atoms with Crippen molar-refractivity contribution in [1.82, 2.24) is 0 Å². The Kier molecular flexibility index (Phi) is 2.33. The van der Waals surface area contributed by atoms with Crippen LogP contribution in [0.2, 0.25) is 0 Å². The van der Waals surface area contributed by atoms with Gasteiger partial charge in [-0.25, -0.2) is 4.31 Å². The van der Waals surface area contributed by atoms with Crippen LogP contribution in [0.4, 0.5) is 5.69 Å². The highest BCUT2D eigenvalue weighted by Gasteiger charge is 2.27. The summed E-state index contributed by atoms with van der Waals surface area (Å²) in [6, 6.07) is 9.56. The molecule has 0 N–H and O–H groups in total. The number of amides is 1. The molecule has 0 aliphatic carbocycles. The molecular weight excluding hydrogens is 202 g/mol. The van der Waals surface area contributed by atoms with E-state index < -0.39 is 0 Å². The van der Waals surface area contributed by atoms with Crippen molar-refractivity contribution >= 4 is 33.4 Å². The monoisotopic (exact) mass is 209 g/mol. The Hall–Kier alpha value is -0.870. The van der Waals surface area contributed by atoms with Crippen molar-refractivity contribution < 1.29 is 4.79 Å². The molecule has 1 heterocycles. The second-order valence-electron chi connectivity index (χ2n) is 2.52. The zero-order valence-electron chi connectivity index (χ0n) is 6.77. The topological polar surface area (TPSA) is 20.3 Å². The zero-order valence-corrected chi connectivity index (χ0v) is 8.40. The molecule has 2 rings (SSSR count). The van der Waals surface area contributed by atoms with Gasteiger partial charge < -0.3 is 0 Å². The smallest absolute Gasteiger partial charge is 0.267 e. The minimum atomic E-state index is -0.0128. The summed E-state index contributed by atoms with van der Waals surface area (Å²) in [6.45, 7) is 3.66. The Bertz CT molecular complexity index is 350. The molecule has 1 aromatic rings. The molecule has 0 atom stereocenters. The number of hydrogen-bond acceptors (Lipinski definition) is 3. The molecule has 1 aromatic carbocycles. The lowest BCUT2D eigenvalue weighted by Gasteiger charge is -2.11. The van der Waals surface area contributed by atoms with Crippen molar-refractivity contribution in [3.05, 3.63) is 41.8 Å². The Morgan fingerprint density at radius 2 is 1.92 bits per heavy atom. The van der Waals surface area contributed by atoms with Crippen LogP contribution in [0.15, 0.2) is 41.8 Å². The van der Waals surface area contributed by atoms with Gasteiger partial charge >= 0.3 is 0 Å². The maximum absolute atomic E-state index is 11.5. The molecule has 2 nitrogen and oxygen atoms in total. The van der Waals surface area contributed by atoms with E-state index in [-0.39, 0.29) is 5.91 Å². The first kappa shape index (κ1) is 8.72. The summed E-state index contributed by atoms with van der Waals surface area (Å²) in [5.74, 6) is -0.0128. The fourth-order valence-electron chi connectivity index (χ4n) is 0.989. The van der Waals surface area contributed by atoms with Crippen molar-refractivity contribution in [2.24, 2.45) is 0 Å². The molecule has 0 spiro atoms. The fourth-order valence-corrected chi connectivity index (χ4v) is 2.93. The number of rotatable bonds is 1. The Labute approximate surface area is 84.5 Å². The van der Waals surface area contributed by atoms with Crippen LogP contribution in [0.5, 0.6) is 0 Å². The minimum absolute atomic E-state index is 0.0128. The summed E-state index contributed by atoms with van der Waals surface area (Å²) in [5, 5.41) is 0. The van der Waals surface area contributed by atoms with E-state index in [1.165, 1.54) is 21.8 Å². The van der Waals surface area contributed by atoms with Crippen LogP contribution < -0.4 is 4.31 Å². The van der Waals surface area contributed by atoms with Gasteiger partial charge in [0.1, 0.15) is 0 Å². The van der Waals surface area contributed by atoms with Gasteiger partial charge in [0.25, 0.3) is 5.91 Å². The highest BCUT2D eigenvalue weighted by molar-refractivity contribution is 8.80. The maximum atomic E-state index is 11.5. The highest BCUT2D eigenvalue weighted by atomic mass is 33.1. The first-order chi connectivity index (χ1) is 6.29. The van der Waals surface area contributed by atoms with Crippen molar-refractivity contribution in [3.63, 3.8) is 0 Å². The van der Waals surface area contributed by atoms with E-state index in [1.54, 1.807) is 4.31 Å². The normalized spacial score (nSPS) is 16.8. The highest BCUT2D eigenvalue weighted by Crippen LogP contribution is 2.44. The number of carbonyl (C=O) groups is 1. The van der Waals surface area contributed by atoms with E-state index in [4.69, 9.17) is 0 Å². The Balaban J connectivity index is 2.29. The largest absolute Gasteiger partial charge is 0.275 e. The third kappa shape index (κ3) is 1.59. The Morgan fingerprint density at radius 3 is 2.46 bits per heavy atom. The van der Waals surface area contributed by atoms with Crippen LogP contribution >= 0.6 is 21.8 Å². The SMILES string of the molecule is C=C1SSN(c2ccccc2)C1=O. The molecule has 0 aromatic heterocycles. The van der Waals surface area contributed by atoms with Crippen molar-refractivity contribution in [3.8, 4) is 0 Å². The average Bonchev–Trinajstić information content (AvgIpc) is 2.49. The van der Waals surface area contributed by atoms with Gasteiger partial charge in [-0.1, -0.05) is 24.8 Å². The zero-order chi connectivity index (χ0) is 9.26. The van der Waals surface area contributed by atoms with Crippen LogP contribution in [0.25, 0.3) is 0 Å². The van der Waals surface area contributed by atoms with Crippen molar-refractivity contribution in [1.29, 1.82) is 0 Å². The van der Waals surface area contributed by atoms with Crippen molar-refractivity contribution in [2.45, 2.75) is 0 Å². The predicted molar refractivity (Wildman–Crippen MR) is 58.3 cm³/mol. The van der Waals surface area contributed by atoms with Crippen molar-refractivity contribution in [2.75, 3.05) is 4.31 Å². The predicted octanol–water partition coefficient (Wildman–Crippen LogP) is 2.84. The number of anilines is 1. The van der Waals surface area contributed by atoms with E-state index in [2.05, 4.69) is 6.58 Å². The van der Waals surface area contributed by atoms with E-state index in [0.29, 0.717) is 4.91 Å². The van der Waals surface area contributed by atoms with Crippen LogP contribution in [0.3, 0.4) is 0 Å². The van der Waals surface area contributed by atoms with Crippen LogP contribution in [-0.4, -0.2) is 5.91 Å². The molecule has 1 fully saturated rings. The van der Waals surface area contributed by atoms with E-state index in [0.717, 1.165) is 5.69 Å². The summed E-state index contributed by atoms with van der Waals surface area (Å²) in [5.41, 5.74) is 0.906. The lowest BCUT2D eigenvalue weighted by Crippen LogP contribution is -2.17. The second-order valence-corrected chi connectivity index (χ2v) is 4.64. The number of benzene rings is 1. The standard InChI is InChI=1S/C9H7NOS2/c1-7-9(11)10(13-12-7)8-5-3-2-4-6-8/h2-6H,1H2. The quantitative estimate of drug-likeness (QED) is 0.403. The van der Waals surface area contributed by atoms with Gasteiger partial charge in [0.05, 0.1) is 10.6 Å². The molecule has 13 heavy (non-hydrogen) atoms. The summed E-state index contributed by atoms with van der Waals surface area (Å²) < 4.78 is 1.65. The summed E-state index contributed by atoms with van der Waals surface area (Å²) in [6.07, 6.45) is 0. The minimum Gasteiger partial charge on any atom is -0.267 e. The number of carbonyl (C=O) groups excluding carboxylic acids is 1. The van der Waals surface area contributed by atoms with Gasteiger partial charge in [0, 0.05) is 11.0 Å². The first-order valence-electron chi connectivity index (χ1n) is 3.72. The van der Waals surface area contributed by atoms with Crippen LogP contribution in [0.1, 0.15) is 0 Å². The third-order valence-electron chi connectivity index (χ3n) is 1.63. The molecule has 1 aliphatic rings.